The van der Waals surface area contributed by atoms with Gasteiger partial charge in [0, 0.05) is 12.5 Å². The molecule has 11 nitrogen and oxygen atoms in total. The summed E-state index contributed by atoms with van der Waals surface area (Å²) in [5.41, 5.74) is 0.692. The Balaban J connectivity index is 1.52. The number of carbonyl (C=O) groups is 1. The monoisotopic (exact) mass is 791 g/mol. The van der Waals surface area contributed by atoms with Crippen LogP contribution in [0, 0.1) is 0 Å². The average Bonchev–Trinajstić information content (AvgIpc) is 3.20. The van der Waals surface area contributed by atoms with Gasteiger partial charge in [-0.25, -0.2) is 4.79 Å². The molecule has 0 aliphatic carbocycles. The molecule has 6 aromatic rings. The molecule has 6 aromatic carbocycles. The highest BCUT2D eigenvalue weighted by atomic mass is 31.3. The average molecular weight is 792 g/mol. The van der Waals surface area contributed by atoms with Gasteiger partial charge in [0.15, 0.2) is 0 Å². The van der Waals surface area contributed by atoms with Crippen LogP contribution in [0.4, 0.5) is 0 Å². The molecule has 0 saturated heterocycles. The Morgan fingerprint density at radius 2 is 0.764 bits per heavy atom. The summed E-state index contributed by atoms with van der Waals surface area (Å²) < 4.78 is 62.1. The van der Waals surface area contributed by atoms with Crippen LogP contribution in [-0.2, 0) is 16.0 Å². The standard InChI is InChI=1S/C41H36N3O8P3/c1-2-41(45)46-33-32-34-20-18-19-31-40(34)52-55(51-39-29-16-7-17-30-39)43-53(47-35-21-8-3-9-22-35,48-36-23-10-4-11-24-36)42-54(44-55,49-37-25-12-5-13-26-37)50-38-27-14-6-15-28-38/h2-31H,1,32-33H2. The highest BCUT2D eigenvalue weighted by molar-refractivity contribution is 7.79. The Kier molecular flexibility index (Phi) is 11.8. The van der Waals surface area contributed by atoms with Crippen molar-refractivity contribution in [2.45, 2.75) is 6.42 Å². The normalized spacial score (nSPS) is 16.4. The predicted octanol–water partition coefficient (Wildman–Crippen LogP) is 12.6. The van der Waals surface area contributed by atoms with Crippen LogP contribution in [0.3, 0.4) is 0 Å². The minimum atomic E-state index is -4.08. The fourth-order valence-electron chi connectivity index (χ4n) is 5.10. The van der Waals surface area contributed by atoms with E-state index in [0.717, 1.165) is 6.08 Å². The summed E-state index contributed by atoms with van der Waals surface area (Å²) in [5, 5.41) is 0. The van der Waals surface area contributed by atoms with Crippen molar-refractivity contribution in [1.29, 1.82) is 0 Å². The van der Waals surface area contributed by atoms with Crippen molar-refractivity contribution in [1.82, 2.24) is 0 Å². The first-order chi connectivity index (χ1) is 26.9. The summed E-state index contributed by atoms with van der Waals surface area (Å²) in [5.74, 6) is 1.90. The van der Waals surface area contributed by atoms with E-state index in [0.29, 0.717) is 46.5 Å². The van der Waals surface area contributed by atoms with Gasteiger partial charge >= 0.3 is 28.9 Å². The molecule has 1 atom stereocenters. The lowest BCUT2D eigenvalue weighted by atomic mass is 10.1. The third kappa shape index (κ3) is 9.97. The number of esters is 1. The van der Waals surface area contributed by atoms with E-state index in [1.54, 1.807) is 66.7 Å². The molecule has 0 radical (unpaired) electrons. The van der Waals surface area contributed by atoms with Gasteiger partial charge in [0.1, 0.15) is 34.5 Å². The minimum Gasteiger partial charge on any atom is -0.462 e. The lowest BCUT2D eigenvalue weighted by molar-refractivity contribution is -0.137. The van der Waals surface area contributed by atoms with E-state index in [-0.39, 0.29) is 6.61 Å². The Hall–Kier alpha value is -5.98. The second kappa shape index (κ2) is 17.4. The van der Waals surface area contributed by atoms with Crippen molar-refractivity contribution in [3.8, 4) is 34.5 Å². The highest BCUT2D eigenvalue weighted by Crippen LogP contribution is 2.78. The first-order valence-electron chi connectivity index (χ1n) is 17.1. The Labute approximate surface area is 319 Å². The maximum absolute atomic E-state index is 11.9. The van der Waals surface area contributed by atoms with Crippen molar-refractivity contribution in [2.24, 2.45) is 13.5 Å². The van der Waals surface area contributed by atoms with Crippen molar-refractivity contribution in [3.05, 3.63) is 194 Å². The Morgan fingerprint density at radius 3 is 1.11 bits per heavy atom. The fourth-order valence-corrected chi connectivity index (χ4v) is 14.2. The molecule has 55 heavy (non-hydrogen) atoms. The van der Waals surface area contributed by atoms with Crippen molar-refractivity contribution >= 4 is 28.9 Å². The molecule has 0 fully saturated rings. The zero-order valence-corrected chi connectivity index (χ0v) is 32.1. The topological polar surface area (TPSA) is 119 Å². The molecular weight excluding hydrogens is 755 g/mol. The van der Waals surface area contributed by atoms with E-state index in [2.05, 4.69) is 6.58 Å². The van der Waals surface area contributed by atoms with Crippen molar-refractivity contribution in [3.63, 3.8) is 0 Å². The molecule has 14 heteroatoms. The summed E-state index contributed by atoms with van der Waals surface area (Å²) in [6.45, 7) is 3.56. The molecule has 0 aromatic heterocycles. The molecule has 0 bridgehead atoms. The zero-order valence-electron chi connectivity index (χ0n) is 29.4. The van der Waals surface area contributed by atoms with E-state index in [9.17, 15) is 4.79 Å². The number of benzene rings is 6. The first-order valence-corrected chi connectivity index (χ1v) is 21.7. The fraction of sp³-hybridized carbons (Fsp3) is 0.0488. The maximum Gasteiger partial charge on any atom is 0.460 e. The zero-order chi connectivity index (χ0) is 37.8. The van der Waals surface area contributed by atoms with Gasteiger partial charge in [-0.15, -0.1) is 0 Å². The van der Waals surface area contributed by atoms with Gasteiger partial charge < -0.3 is 31.9 Å². The minimum absolute atomic E-state index is 0.0657. The van der Waals surface area contributed by atoms with E-state index >= 15 is 0 Å². The molecule has 1 unspecified atom stereocenters. The smallest absolute Gasteiger partial charge is 0.460 e. The van der Waals surface area contributed by atoms with Gasteiger partial charge in [0.25, 0.3) is 0 Å². The molecule has 0 amide bonds. The molecule has 7 rings (SSSR count). The molecule has 0 spiro atoms. The number of hydrogen-bond donors (Lipinski definition) is 0. The number of nitrogens with zero attached hydrogens (tertiary/aromatic N) is 3. The van der Waals surface area contributed by atoms with E-state index in [4.69, 9.17) is 45.4 Å². The number of rotatable bonds is 16. The van der Waals surface area contributed by atoms with E-state index < -0.39 is 28.9 Å². The third-order valence-electron chi connectivity index (χ3n) is 7.49. The predicted molar refractivity (Wildman–Crippen MR) is 215 cm³/mol. The number of ether oxygens (including phenoxy) is 1. The van der Waals surface area contributed by atoms with Crippen molar-refractivity contribution in [2.75, 3.05) is 6.61 Å². The van der Waals surface area contributed by atoms with Gasteiger partial charge in [-0.3, -0.25) is 0 Å². The lowest BCUT2D eigenvalue weighted by Gasteiger charge is -2.33. The van der Waals surface area contributed by atoms with Crippen LogP contribution in [0.25, 0.3) is 0 Å². The summed E-state index contributed by atoms with van der Waals surface area (Å²) in [6.07, 6.45) is 1.42. The SMILES string of the molecule is C=CC(=O)OCCc1ccccc1OP1(Oc2ccccc2)=NP(Oc2ccccc2)(Oc2ccccc2)=NP(Oc2ccccc2)(Oc2ccccc2)=N1. The van der Waals surface area contributed by atoms with Gasteiger partial charge in [0.2, 0.25) is 0 Å². The molecule has 1 heterocycles. The summed E-state index contributed by atoms with van der Waals surface area (Å²) in [7, 11) is -12.1. The van der Waals surface area contributed by atoms with Gasteiger partial charge in [-0.1, -0.05) is 129 Å². The molecule has 278 valence electrons. The van der Waals surface area contributed by atoms with Crippen LogP contribution in [0.1, 0.15) is 5.56 Å². The summed E-state index contributed by atoms with van der Waals surface area (Å²) >= 11 is 0. The van der Waals surface area contributed by atoms with Crippen LogP contribution >= 0.6 is 23.0 Å². The van der Waals surface area contributed by atoms with E-state index in [1.165, 1.54) is 0 Å². The molecule has 1 aliphatic rings. The largest absolute Gasteiger partial charge is 0.462 e. The quantitative estimate of drug-likeness (QED) is 0.0540. The van der Waals surface area contributed by atoms with Gasteiger partial charge in [0.05, 0.1) is 6.61 Å². The second-order valence-electron chi connectivity index (χ2n) is 11.6. The van der Waals surface area contributed by atoms with E-state index in [1.807, 2.05) is 109 Å². The number of carbonyl (C=O) groups excluding carboxylic acids is 1. The van der Waals surface area contributed by atoms with Crippen LogP contribution in [0.2, 0.25) is 0 Å². The third-order valence-corrected chi connectivity index (χ3v) is 15.6. The maximum atomic E-state index is 11.9. The van der Waals surface area contributed by atoms with Gasteiger partial charge in [-0.05, 0) is 72.3 Å². The number of para-hydroxylation sites is 6. The highest BCUT2D eigenvalue weighted by Gasteiger charge is 2.49. The summed E-state index contributed by atoms with van der Waals surface area (Å²) in [4.78, 5) is 11.9. The Morgan fingerprint density at radius 1 is 0.455 bits per heavy atom. The number of hydrogen-bond acceptors (Lipinski definition) is 11. The van der Waals surface area contributed by atoms with Crippen molar-refractivity contribution < 1.29 is 36.7 Å². The molecular formula is C41H36N3O8P3. The second-order valence-corrected chi connectivity index (χ2v) is 17.8. The first kappa shape index (κ1) is 37.3. The molecule has 1 aliphatic heterocycles. The molecule has 0 saturated carbocycles. The van der Waals surface area contributed by atoms with Gasteiger partial charge in [-0.2, -0.15) is 0 Å². The van der Waals surface area contributed by atoms with Crippen LogP contribution in [-0.4, -0.2) is 12.6 Å². The Bertz CT molecular complexity index is 2210. The lowest BCUT2D eigenvalue weighted by Crippen LogP contribution is -2.12. The van der Waals surface area contributed by atoms with Crippen LogP contribution in [0.5, 0.6) is 34.5 Å². The van der Waals surface area contributed by atoms with Crippen LogP contribution < -0.4 is 27.1 Å². The summed E-state index contributed by atoms with van der Waals surface area (Å²) in [6, 6.07) is 52.8. The molecule has 0 N–H and O–H groups in total. The van der Waals surface area contributed by atoms with Crippen LogP contribution in [0.15, 0.2) is 202 Å².